The molecule has 0 radical (unpaired) electrons. The zero-order valence-electron chi connectivity index (χ0n) is 13.6. The van der Waals surface area contributed by atoms with Crippen molar-refractivity contribution in [2.75, 3.05) is 19.8 Å². The van der Waals surface area contributed by atoms with E-state index in [1.807, 2.05) is 19.1 Å². The van der Waals surface area contributed by atoms with Gasteiger partial charge in [-0.1, -0.05) is 29.4 Å². The van der Waals surface area contributed by atoms with Gasteiger partial charge in [0.1, 0.15) is 0 Å². The van der Waals surface area contributed by atoms with Crippen molar-refractivity contribution >= 4 is 29.3 Å². The molecule has 2 rings (SSSR count). The second-order valence-electron chi connectivity index (χ2n) is 4.99. The van der Waals surface area contributed by atoms with Crippen LogP contribution in [0, 0.1) is 0 Å². The molecule has 0 aliphatic rings. The van der Waals surface area contributed by atoms with Gasteiger partial charge in [-0.25, -0.2) is 0 Å². The number of carbonyl (C=O) groups is 1. The lowest BCUT2D eigenvalue weighted by atomic mass is 10.2. The minimum atomic E-state index is -0.329. The SMILES string of the molecule is CCOCCCNC(=O)C(C)Sc1nnc(-c2cccc(Cl)c2)o1. The number of thioether (sulfide) groups is 1. The Balaban J connectivity index is 1.84. The number of aromatic nitrogens is 2. The average molecular weight is 370 g/mol. The first-order chi connectivity index (χ1) is 11.6. The van der Waals surface area contributed by atoms with E-state index in [0.717, 1.165) is 12.0 Å². The zero-order chi connectivity index (χ0) is 17.4. The van der Waals surface area contributed by atoms with E-state index in [1.54, 1.807) is 19.1 Å². The summed E-state index contributed by atoms with van der Waals surface area (Å²) >= 11 is 7.17. The molecule has 130 valence electrons. The van der Waals surface area contributed by atoms with Crippen LogP contribution in [0.5, 0.6) is 0 Å². The zero-order valence-corrected chi connectivity index (χ0v) is 15.2. The van der Waals surface area contributed by atoms with E-state index in [9.17, 15) is 4.79 Å². The van der Waals surface area contributed by atoms with Gasteiger partial charge in [0.05, 0.1) is 5.25 Å². The first kappa shape index (κ1) is 18.8. The van der Waals surface area contributed by atoms with Crippen LogP contribution in [0.25, 0.3) is 11.5 Å². The third-order valence-corrected chi connectivity index (χ3v) is 4.26. The molecule has 0 fully saturated rings. The monoisotopic (exact) mass is 369 g/mol. The standard InChI is InChI=1S/C16H20ClN3O3S/c1-3-22-9-5-8-18-14(21)11(2)24-16-20-19-15(23-16)12-6-4-7-13(17)10-12/h4,6-7,10-11H,3,5,8-9H2,1-2H3,(H,18,21). The quantitative estimate of drug-likeness (QED) is 0.539. The Morgan fingerprint density at radius 1 is 1.46 bits per heavy atom. The maximum absolute atomic E-state index is 12.0. The van der Waals surface area contributed by atoms with Crippen molar-refractivity contribution in [1.82, 2.24) is 15.5 Å². The van der Waals surface area contributed by atoms with Crippen LogP contribution >= 0.6 is 23.4 Å². The maximum Gasteiger partial charge on any atom is 0.277 e. The molecule has 1 aromatic heterocycles. The molecule has 1 atom stereocenters. The van der Waals surface area contributed by atoms with Crippen molar-refractivity contribution in [3.63, 3.8) is 0 Å². The molecule has 1 unspecified atom stereocenters. The van der Waals surface area contributed by atoms with E-state index in [2.05, 4.69) is 15.5 Å². The molecule has 8 heteroatoms. The van der Waals surface area contributed by atoms with Gasteiger partial charge in [0.25, 0.3) is 5.22 Å². The van der Waals surface area contributed by atoms with Crippen LogP contribution in [-0.4, -0.2) is 41.1 Å². The van der Waals surface area contributed by atoms with Crippen LogP contribution in [-0.2, 0) is 9.53 Å². The number of nitrogens with zero attached hydrogens (tertiary/aromatic N) is 2. The third-order valence-electron chi connectivity index (χ3n) is 3.09. The summed E-state index contributed by atoms with van der Waals surface area (Å²) in [4.78, 5) is 12.0. The minimum Gasteiger partial charge on any atom is -0.411 e. The number of halogens is 1. The van der Waals surface area contributed by atoms with Crippen molar-refractivity contribution in [1.29, 1.82) is 0 Å². The van der Waals surface area contributed by atoms with Gasteiger partial charge in [-0.05, 0) is 38.5 Å². The molecular formula is C16H20ClN3O3S. The van der Waals surface area contributed by atoms with Crippen molar-refractivity contribution < 1.29 is 13.9 Å². The molecule has 1 aromatic carbocycles. The van der Waals surface area contributed by atoms with Crippen molar-refractivity contribution in [2.24, 2.45) is 0 Å². The molecule has 0 aliphatic heterocycles. The summed E-state index contributed by atoms with van der Waals surface area (Å²) in [6, 6.07) is 7.17. The maximum atomic E-state index is 12.0. The van der Waals surface area contributed by atoms with Crippen molar-refractivity contribution in [2.45, 2.75) is 30.7 Å². The number of hydrogen-bond donors (Lipinski definition) is 1. The fourth-order valence-corrected chi connectivity index (χ4v) is 2.77. The molecule has 0 saturated carbocycles. The highest BCUT2D eigenvalue weighted by Gasteiger charge is 2.18. The Hall–Kier alpha value is -1.57. The van der Waals surface area contributed by atoms with Gasteiger partial charge in [-0.3, -0.25) is 4.79 Å². The predicted molar refractivity (Wildman–Crippen MR) is 94.2 cm³/mol. The average Bonchev–Trinajstić information content (AvgIpc) is 3.03. The van der Waals surface area contributed by atoms with Gasteiger partial charge in [-0.2, -0.15) is 0 Å². The van der Waals surface area contributed by atoms with E-state index in [-0.39, 0.29) is 11.2 Å². The normalized spacial score (nSPS) is 12.1. The first-order valence-corrected chi connectivity index (χ1v) is 8.97. The lowest BCUT2D eigenvalue weighted by molar-refractivity contribution is -0.120. The van der Waals surface area contributed by atoms with Gasteiger partial charge in [0.15, 0.2) is 0 Å². The molecule has 2 aromatic rings. The predicted octanol–water partition coefficient (Wildman–Crippen LogP) is 3.41. The van der Waals surface area contributed by atoms with Crippen LogP contribution in [0.15, 0.2) is 33.9 Å². The first-order valence-electron chi connectivity index (χ1n) is 7.71. The number of rotatable bonds is 9. The molecule has 0 spiro atoms. The van der Waals surface area contributed by atoms with Gasteiger partial charge in [-0.15, -0.1) is 10.2 Å². The lowest BCUT2D eigenvalue weighted by Gasteiger charge is -2.09. The summed E-state index contributed by atoms with van der Waals surface area (Å²) in [5, 5.41) is 11.4. The second-order valence-corrected chi connectivity index (χ2v) is 6.71. The van der Waals surface area contributed by atoms with E-state index >= 15 is 0 Å². The Morgan fingerprint density at radius 3 is 3.04 bits per heavy atom. The number of ether oxygens (including phenoxy) is 1. The Bertz CT molecular complexity index is 666. The lowest BCUT2D eigenvalue weighted by Crippen LogP contribution is -2.32. The van der Waals surface area contributed by atoms with Crippen LogP contribution in [0.1, 0.15) is 20.3 Å². The van der Waals surface area contributed by atoms with E-state index in [4.69, 9.17) is 20.8 Å². The number of benzene rings is 1. The summed E-state index contributed by atoms with van der Waals surface area (Å²) in [6.07, 6.45) is 0.788. The molecular weight excluding hydrogens is 350 g/mol. The van der Waals surface area contributed by atoms with Crippen LogP contribution < -0.4 is 5.32 Å². The second kappa shape index (κ2) is 9.66. The molecule has 1 heterocycles. The van der Waals surface area contributed by atoms with Gasteiger partial charge in [0, 0.05) is 30.3 Å². The fourth-order valence-electron chi connectivity index (χ4n) is 1.87. The van der Waals surface area contributed by atoms with Crippen LogP contribution in [0.4, 0.5) is 0 Å². The number of nitrogens with one attached hydrogen (secondary N) is 1. The van der Waals surface area contributed by atoms with Crippen molar-refractivity contribution in [3.05, 3.63) is 29.3 Å². The fraction of sp³-hybridized carbons (Fsp3) is 0.438. The summed E-state index contributed by atoms with van der Waals surface area (Å²) < 4.78 is 10.8. The summed E-state index contributed by atoms with van der Waals surface area (Å²) in [5.41, 5.74) is 0.745. The molecule has 6 nitrogen and oxygen atoms in total. The third kappa shape index (κ3) is 5.81. The van der Waals surface area contributed by atoms with E-state index < -0.39 is 0 Å². The van der Waals surface area contributed by atoms with Gasteiger partial charge < -0.3 is 14.5 Å². The Labute approximate surface area is 150 Å². The highest BCUT2D eigenvalue weighted by Crippen LogP contribution is 2.27. The van der Waals surface area contributed by atoms with Gasteiger partial charge >= 0.3 is 0 Å². The minimum absolute atomic E-state index is 0.0704. The van der Waals surface area contributed by atoms with Crippen LogP contribution in [0.3, 0.4) is 0 Å². The Morgan fingerprint density at radius 2 is 2.29 bits per heavy atom. The molecule has 1 amide bonds. The summed E-state index contributed by atoms with van der Waals surface area (Å²) in [7, 11) is 0. The smallest absolute Gasteiger partial charge is 0.277 e. The largest absolute Gasteiger partial charge is 0.411 e. The Kier molecular flexibility index (Phi) is 7.55. The number of amides is 1. The molecule has 0 saturated heterocycles. The van der Waals surface area contributed by atoms with Crippen molar-refractivity contribution in [3.8, 4) is 11.5 Å². The van der Waals surface area contributed by atoms with Gasteiger partial charge in [0.2, 0.25) is 11.8 Å². The molecule has 0 bridgehead atoms. The topological polar surface area (TPSA) is 77.2 Å². The molecule has 24 heavy (non-hydrogen) atoms. The van der Waals surface area contributed by atoms with Crippen LogP contribution in [0.2, 0.25) is 5.02 Å². The number of hydrogen-bond acceptors (Lipinski definition) is 6. The molecule has 1 N–H and O–H groups in total. The number of carbonyl (C=O) groups excluding carboxylic acids is 1. The van der Waals surface area contributed by atoms with E-state index in [0.29, 0.717) is 35.9 Å². The highest BCUT2D eigenvalue weighted by molar-refractivity contribution is 8.00. The molecule has 0 aliphatic carbocycles. The van der Waals surface area contributed by atoms with E-state index in [1.165, 1.54) is 11.8 Å². The summed E-state index contributed by atoms with van der Waals surface area (Å²) in [5.74, 6) is 0.309. The highest BCUT2D eigenvalue weighted by atomic mass is 35.5. The summed E-state index contributed by atoms with van der Waals surface area (Å²) in [6.45, 7) is 5.66.